The van der Waals surface area contributed by atoms with Crippen molar-refractivity contribution in [1.82, 2.24) is 10.2 Å². The van der Waals surface area contributed by atoms with E-state index in [2.05, 4.69) is 19.9 Å². The molecule has 1 aromatic carbocycles. The Bertz CT molecular complexity index is 691. The molecule has 6 nitrogen and oxygen atoms in total. The average Bonchev–Trinajstić information content (AvgIpc) is 2.71. The van der Waals surface area contributed by atoms with E-state index in [1.807, 2.05) is 26.0 Å². The molecule has 0 unspecified atom stereocenters. The van der Waals surface area contributed by atoms with Crippen molar-refractivity contribution in [2.24, 2.45) is 10.9 Å². The minimum Gasteiger partial charge on any atom is -0.466 e. The Labute approximate surface area is 198 Å². The summed E-state index contributed by atoms with van der Waals surface area (Å²) in [7, 11) is 0. The molecule has 1 heterocycles. The fraction of sp³-hybridized carbons (Fsp3) is 0.619. The van der Waals surface area contributed by atoms with E-state index >= 15 is 0 Å². The second-order valence-electron chi connectivity index (χ2n) is 7.11. The molecule has 31 heavy (non-hydrogen) atoms. The lowest BCUT2D eigenvalue weighted by atomic mass is 9.97. The highest BCUT2D eigenvalue weighted by molar-refractivity contribution is 14.0. The molecule has 1 aliphatic heterocycles. The van der Waals surface area contributed by atoms with Gasteiger partial charge in [-0.25, -0.2) is 4.99 Å². The number of halogens is 4. The molecule has 176 valence electrons. The Balaban J connectivity index is 0.00000480. The molecule has 1 N–H and O–H groups in total. The largest absolute Gasteiger partial charge is 0.466 e. The number of esters is 1. The number of alkyl halides is 3. The number of nitrogens with one attached hydrogen (secondary N) is 1. The van der Waals surface area contributed by atoms with Gasteiger partial charge in [-0.3, -0.25) is 4.79 Å². The number of carbonyl (C=O) groups excluding carboxylic acids is 1. The molecule has 0 radical (unpaired) electrons. The third kappa shape index (κ3) is 10.1. The molecule has 1 saturated heterocycles. The quantitative estimate of drug-likeness (QED) is 0.226. The van der Waals surface area contributed by atoms with Gasteiger partial charge in [0.05, 0.1) is 25.7 Å². The number of nitrogens with zero attached hydrogens (tertiary/aromatic N) is 2. The number of carbonyl (C=O) groups is 1. The van der Waals surface area contributed by atoms with Crippen LogP contribution >= 0.6 is 24.0 Å². The summed E-state index contributed by atoms with van der Waals surface area (Å²) < 4.78 is 46.2. The molecule has 0 bridgehead atoms. The predicted molar refractivity (Wildman–Crippen MR) is 123 cm³/mol. The highest BCUT2D eigenvalue weighted by atomic mass is 127. The maximum absolute atomic E-state index is 12.1. The number of hydrogen-bond acceptors (Lipinski definition) is 4. The third-order valence-electron chi connectivity index (χ3n) is 4.72. The van der Waals surface area contributed by atoms with Crippen LogP contribution in [0.2, 0.25) is 0 Å². The number of likely N-dealkylation sites (tertiary alicyclic amines) is 1. The maximum atomic E-state index is 12.1. The molecule has 0 saturated carbocycles. The van der Waals surface area contributed by atoms with Crippen LogP contribution in [0.15, 0.2) is 29.3 Å². The molecular weight excluding hydrogens is 526 g/mol. The van der Waals surface area contributed by atoms with E-state index in [9.17, 15) is 18.0 Å². The van der Waals surface area contributed by atoms with Gasteiger partial charge >= 0.3 is 12.1 Å². The summed E-state index contributed by atoms with van der Waals surface area (Å²) in [6.07, 6.45) is -2.85. The van der Waals surface area contributed by atoms with Crippen molar-refractivity contribution < 1.29 is 27.4 Å². The Morgan fingerprint density at radius 3 is 2.32 bits per heavy atom. The number of guanidine groups is 1. The van der Waals surface area contributed by atoms with E-state index in [0.29, 0.717) is 18.7 Å². The molecule has 1 aliphatic rings. The van der Waals surface area contributed by atoms with Crippen molar-refractivity contribution in [1.29, 1.82) is 0 Å². The lowest BCUT2D eigenvalue weighted by Gasteiger charge is -2.33. The molecule has 0 amide bonds. The second kappa shape index (κ2) is 13.8. The van der Waals surface area contributed by atoms with Crippen molar-refractivity contribution in [3.63, 3.8) is 0 Å². The molecule has 10 heteroatoms. The van der Waals surface area contributed by atoms with Crippen LogP contribution in [0.5, 0.6) is 0 Å². The lowest BCUT2D eigenvalue weighted by Crippen LogP contribution is -2.46. The van der Waals surface area contributed by atoms with Gasteiger partial charge in [0.2, 0.25) is 0 Å². The molecule has 0 atom stereocenters. The smallest absolute Gasteiger partial charge is 0.411 e. The van der Waals surface area contributed by atoms with Crippen molar-refractivity contribution in [2.75, 3.05) is 32.8 Å². The first-order valence-electron chi connectivity index (χ1n) is 10.2. The monoisotopic (exact) mass is 557 g/mol. The number of rotatable bonds is 8. The second-order valence-corrected chi connectivity index (χ2v) is 7.11. The Morgan fingerprint density at radius 1 is 1.16 bits per heavy atom. The first kappa shape index (κ1) is 27.5. The van der Waals surface area contributed by atoms with E-state index in [1.54, 1.807) is 12.1 Å². The lowest BCUT2D eigenvalue weighted by molar-refractivity contribution is -0.176. The Morgan fingerprint density at radius 2 is 1.77 bits per heavy atom. The van der Waals surface area contributed by atoms with Gasteiger partial charge in [0.15, 0.2) is 5.96 Å². The molecule has 0 spiro atoms. The van der Waals surface area contributed by atoms with Gasteiger partial charge in [0.25, 0.3) is 0 Å². The zero-order valence-corrected chi connectivity index (χ0v) is 20.2. The van der Waals surface area contributed by atoms with Crippen LogP contribution in [0.1, 0.15) is 37.8 Å². The van der Waals surface area contributed by atoms with Crippen LogP contribution in [0.25, 0.3) is 0 Å². The SMILES string of the molecule is CCNC(=NCc1ccc(COCC(F)(F)F)cc1)N1CCC(C(=O)OCC)CC1.I. The fourth-order valence-electron chi connectivity index (χ4n) is 3.20. The van der Waals surface area contributed by atoms with Gasteiger partial charge in [-0.05, 0) is 37.8 Å². The van der Waals surface area contributed by atoms with Crippen molar-refractivity contribution in [3.8, 4) is 0 Å². The van der Waals surface area contributed by atoms with Gasteiger partial charge in [-0.2, -0.15) is 13.2 Å². The summed E-state index contributed by atoms with van der Waals surface area (Å²) in [5.41, 5.74) is 1.63. The van der Waals surface area contributed by atoms with Gasteiger partial charge in [0, 0.05) is 19.6 Å². The zero-order chi connectivity index (χ0) is 22.0. The number of aliphatic imine (C=N–C) groups is 1. The molecule has 0 aliphatic carbocycles. The number of ether oxygens (including phenoxy) is 2. The summed E-state index contributed by atoms with van der Waals surface area (Å²) >= 11 is 0. The Hall–Kier alpha value is -1.56. The van der Waals surface area contributed by atoms with E-state index in [0.717, 1.165) is 44.0 Å². The molecular formula is C21H31F3IN3O3. The van der Waals surface area contributed by atoms with Crippen LogP contribution in [0.3, 0.4) is 0 Å². The first-order chi connectivity index (χ1) is 14.3. The van der Waals surface area contributed by atoms with Crippen LogP contribution in [0, 0.1) is 5.92 Å². The van der Waals surface area contributed by atoms with E-state index in [1.165, 1.54) is 0 Å². The predicted octanol–water partition coefficient (Wildman–Crippen LogP) is 4.12. The van der Waals surface area contributed by atoms with E-state index in [-0.39, 0.29) is 42.5 Å². The summed E-state index contributed by atoms with van der Waals surface area (Å²) in [6, 6.07) is 7.18. The number of benzene rings is 1. The van der Waals surface area contributed by atoms with Crippen molar-refractivity contribution in [3.05, 3.63) is 35.4 Å². The highest BCUT2D eigenvalue weighted by Crippen LogP contribution is 2.19. The molecule has 1 aromatic rings. The van der Waals surface area contributed by atoms with Crippen LogP contribution in [-0.4, -0.2) is 55.9 Å². The topological polar surface area (TPSA) is 63.2 Å². The maximum Gasteiger partial charge on any atom is 0.411 e. The van der Waals surface area contributed by atoms with Gasteiger partial charge in [0.1, 0.15) is 6.61 Å². The van der Waals surface area contributed by atoms with Gasteiger partial charge in [-0.15, -0.1) is 24.0 Å². The Kier molecular flexibility index (Phi) is 12.2. The standard InChI is InChI=1S/C21H30F3N3O3.HI/c1-3-25-20(27-11-9-18(10-12-27)19(28)30-4-2)26-13-16-5-7-17(8-6-16)14-29-15-21(22,23)24;/h5-8,18H,3-4,9-15H2,1-2H3,(H,25,26);1H. The summed E-state index contributed by atoms with van der Waals surface area (Å²) in [5, 5.41) is 3.28. The van der Waals surface area contributed by atoms with Crippen LogP contribution in [-0.2, 0) is 27.4 Å². The highest BCUT2D eigenvalue weighted by Gasteiger charge is 2.28. The van der Waals surface area contributed by atoms with Gasteiger partial charge in [-0.1, -0.05) is 24.3 Å². The van der Waals surface area contributed by atoms with Gasteiger partial charge < -0.3 is 19.7 Å². The normalized spacial score (nSPS) is 15.4. The molecule has 0 aromatic heterocycles. The minimum absolute atomic E-state index is 0. The van der Waals surface area contributed by atoms with Crippen LogP contribution < -0.4 is 5.32 Å². The van der Waals surface area contributed by atoms with E-state index in [4.69, 9.17) is 4.74 Å². The first-order valence-corrected chi connectivity index (χ1v) is 10.2. The zero-order valence-electron chi connectivity index (χ0n) is 17.9. The van der Waals surface area contributed by atoms with Crippen molar-refractivity contribution >= 4 is 35.9 Å². The summed E-state index contributed by atoms with van der Waals surface area (Å²) in [6.45, 7) is 5.50. The summed E-state index contributed by atoms with van der Waals surface area (Å²) in [4.78, 5) is 18.7. The molecule has 2 rings (SSSR count). The number of piperidine rings is 1. The van der Waals surface area contributed by atoms with Crippen LogP contribution in [0.4, 0.5) is 13.2 Å². The average molecular weight is 557 g/mol. The minimum atomic E-state index is -4.32. The third-order valence-corrected chi connectivity index (χ3v) is 4.72. The fourth-order valence-corrected chi connectivity index (χ4v) is 3.20. The van der Waals surface area contributed by atoms with Crippen molar-refractivity contribution in [2.45, 2.75) is 46.0 Å². The number of hydrogen-bond donors (Lipinski definition) is 1. The molecule has 1 fully saturated rings. The summed E-state index contributed by atoms with van der Waals surface area (Å²) in [5.74, 6) is 0.604. The van der Waals surface area contributed by atoms with E-state index < -0.39 is 12.8 Å².